The molecule has 1 atom stereocenters. The van der Waals surface area contributed by atoms with Crippen molar-refractivity contribution in [1.82, 2.24) is 5.32 Å². The van der Waals surface area contributed by atoms with Crippen LogP contribution in [0, 0.1) is 0 Å². The van der Waals surface area contributed by atoms with Crippen molar-refractivity contribution in [2.24, 2.45) is 0 Å². The Balaban J connectivity index is 1.90. The molecule has 116 valence electrons. The minimum absolute atomic E-state index is 0.266. The van der Waals surface area contributed by atoms with Crippen LogP contribution < -0.4 is 14.8 Å². The molecule has 0 saturated carbocycles. The van der Waals surface area contributed by atoms with E-state index in [1.165, 1.54) is 16.7 Å². The minimum Gasteiger partial charge on any atom is -0.497 e. The van der Waals surface area contributed by atoms with E-state index >= 15 is 0 Å². The maximum absolute atomic E-state index is 6.25. The van der Waals surface area contributed by atoms with Gasteiger partial charge in [0.2, 0.25) is 0 Å². The van der Waals surface area contributed by atoms with Gasteiger partial charge in [-0.3, -0.25) is 0 Å². The third kappa shape index (κ3) is 3.06. The van der Waals surface area contributed by atoms with Crippen LogP contribution in [0.2, 0.25) is 5.02 Å². The van der Waals surface area contributed by atoms with Crippen LogP contribution in [-0.2, 0) is 12.8 Å². The molecule has 22 heavy (non-hydrogen) atoms. The van der Waals surface area contributed by atoms with Gasteiger partial charge in [-0.2, -0.15) is 0 Å². The highest BCUT2D eigenvalue weighted by molar-refractivity contribution is 6.32. The highest BCUT2D eigenvalue weighted by Crippen LogP contribution is 2.34. The normalized spacial score (nSPS) is 17.0. The zero-order chi connectivity index (χ0) is 15.5. The highest BCUT2D eigenvalue weighted by Gasteiger charge is 2.22. The van der Waals surface area contributed by atoms with E-state index in [2.05, 4.69) is 23.5 Å². The minimum atomic E-state index is 0.266. The van der Waals surface area contributed by atoms with Crippen molar-refractivity contribution in [3.8, 4) is 11.5 Å². The van der Waals surface area contributed by atoms with Crippen LogP contribution in [-0.4, -0.2) is 20.8 Å². The zero-order valence-corrected chi connectivity index (χ0v) is 13.6. The average Bonchev–Trinajstić information content (AvgIpc) is 2.54. The summed E-state index contributed by atoms with van der Waals surface area (Å²) < 4.78 is 10.7. The summed E-state index contributed by atoms with van der Waals surface area (Å²) in [7, 11) is 3.35. The number of rotatable bonds is 4. The number of hydrogen-bond donors (Lipinski definition) is 1. The van der Waals surface area contributed by atoms with E-state index in [0.29, 0.717) is 5.02 Å². The number of nitrogens with one attached hydrogen (secondary N) is 1. The molecular formula is C18H20ClNO2. The van der Waals surface area contributed by atoms with E-state index in [1.807, 2.05) is 18.2 Å². The SMILES string of the molecule is COc1cccc(CC2NCCc3cc(Cl)c(OC)cc32)c1. The van der Waals surface area contributed by atoms with Gasteiger partial charge < -0.3 is 14.8 Å². The second-order valence-electron chi connectivity index (χ2n) is 5.50. The summed E-state index contributed by atoms with van der Waals surface area (Å²) in [6, 6.07) is 12.6. The molecule has 2 aromatic carbocycles. The fourth-order valence-corrected chi connectivity index (χ4v) is 3.28. The van der Waals surface area contributed by atoms with Crippen molar-refractivity contribution in [2.75, 3.05) is 20.8 Å². The zero-order valence-electron chi connectivity index (χ0n) is 12.9. The van der Waals surface area contributed by atoms with E-state index in [9.17, 15) is 0 Å². The molecule has 1 aliphatic heterocycles. The number of hydrogen-bond acceptors (Lipinski definition) is 3. The van der Waals surface area contributed by atoms with Crippen molar-refractivity contribution in [1.29, 1.82) is 0 Å². The van der Waals surface area contributed by atoms with Crippen LogP contribution >= 0.6 is 11.6 Å². The Hall–Kier alpha value is -1.71. The summed E-state index contributed by atoms with van der Waals surface area (Å²) in [5, 5.41) is 4.28. The number of fused-ring (bicyclic) bond motifs is 1. The van der Waals surface area contributed by atoms with Gasteiger partial charge in [-0.1, -0.05) is 23.7 Å². The van der Waals surface area contributed by atoms with Gasteiger partial charge in [-0.05, 0) is 60.3 Å². The molecule has 4 heteroatoms. The first-order chi connectivity index (χ1) is 10.7. The molecule has 0 spiro atoms. The first-order valence-electron chi connectivity index (χ1n) is 7.44. The van der Waals surface area contributed by atoms with Crippen LogP contribution in [0.25, 0.3) is 0 Å². The Kier molecular flexibility index (Phi) is 4.55. The average molecular weight is 318 g/mol. The molecule has 3 nitrogen and oxygen atoms in total. The molecule has 1 N–H and O–H groups in total. The van der Waals surface area contributed by atoms with Crippen LogP contribution in [0.15, 0.2) is 36.4 Å². The van der Waals surface area contributed by atoms with Gasteiger partial charge in [0, 0.05) is 6.04 Å². The van der Waals surface area contributed by atoms with E-state index in [-0.39, 0.29) is 6.04 Å². The summed E-state index contributed by atoms with van der Waals surface area (Å²) >= 11 is 6.25. The standard InChI is InChI=1S/C18H20ClNO2/c1-21-14-5-3-4-12(8-14)9-17-15-11-18(22-2)16(19)10-13(15)6-7-20-17/h3-5,8,10-11,17,20H,6-7,9H2,1-2H3. The lowest BCUT2D eigenvalue weighted by atomic mass is 9.90. The van der Waals surface area contributed by atoms with Crippen LogP contribution in [0.3, 0.4) is 0 Å². The van der Waals surface area contributed by atoms with Gasteiger partial charge in [0.1, 0.15) is 11.5 Å². The predicted octanol–water partition coefficient (Wildman–Crippen LogP) is 3.79. The smallest absolute Gasteiger partial charge is 0.137 e. The van der Waals surface area contributed by atoms with Crippen molar-refractivity contribution in [3.63, 3.8) is 0 Å². The quantitative estimate of drug-likeness (QED) is 0.930. The third-order valence-electron chi connectivity index (χ3n) is 4.15. The first kappa shape index (κ1) is 15.2. The molecule has 1 heterocycles. The molecular weight excluding hydrogens is 298 g/mol. The second-order valence-corrected chi connectivity index (χ2v) is 5.91. The van der Waals surface area contributed by atoms with Gasteiger partial charge in [0.25, 0.3) is 0 Å². The van der Waals surface area contributed by atoms with Crippen molar-refractivity contribution >= 4 is 11.6 Å². The Labute approximate surface area is 136 Å². The van der Waals surface area contributed by atoms with Gasteiger partial charge >= 0.3 is 0 Å². The molecule has 1 unspecified atom stereocenters. The molecule has 1 aliphatic rings. The molecule has 0 aromatic heterocycles. The van der Waals surface area contributed by atoms with Crippen LogP contribution in [0.5, 0.6) is 11.5 Å². The Morgan fingerprint density at radius 2 is 2.05 bits per heavy atom. The molecule has 0 fully saturated rings. The molecule has 0 amide bonds. The first-order valence-corrected chi connectivity index (χ1v) is 7.81. The lowest BCUT2D eigenvalue weighted by Gasteiger charge is -2.28. The number of halogens is 1. The van der Waals surface area contributed by atoms with Crippen molar-refractivity contribution < 1.29 is 9.47 Å². The van der Waals surface area contributed by atoms with E-state index in [4.69, 9.17) is 21.1 Å². The highest BCUT2D eigenvalue weighted by atomic mass is 35.5. The third-order valence-corrected chi connectivity index (χ3v) is 4.44. The van der Waals surface area contributed by atoms with E-state index < -0.39 is 0 Å². The van der Waals surface area contributed by atoms with Gasteiger partial charge in [0.05, 0.1) is 19.2 Å². The summed E-state index contributed by atoms with van der Waals surface area (Å²) in [5.74, 6) is 1.63. The maximum atomic E-state index is 6.25. The topological polar surface area (TPSA) is 30.5 Å². The molecule has 0 radical (unpaired) electrons. The fourth-order valence-electron chi connectivity index (χ4n) is 3.02. The molecule has 3 rings (SSSR count). The monoisotopic (exact) mass is 317 g/mol. The molecule has 0 bridgehead atoms. The van der Waals surface area contributed by atoms with Gasteiger partial charge in [0.15, 0.2) is 0 Å². The van der Waals surface area contributed by atoms with Crippen LogP contribution in [0.4, 0.5) is 0 Å². The summed E-state index contributed by atoms with van der Waals surface area (Å²) in [6.07, 6.45) is 1.91. The van der Waals surface area contributed by atoms with E-state index in [1.54, 1.807) is 14.2 Å². The Morgan fingerprint density at radius 3 is 2.82 bits per heavy atom. The molecule has 0 saturated heterocycles. The molecule has 0 aliphatic carbocycles. The van der Waals surface area contributed by atoms with Crippen LogP contribution in [0.1, 0.15) is 22.7 Å². The molecule has 2 aromatic rings. The summed E-state index contributed by atoms with van der Waals surface area (Å²) in [6.45, 7) is 0.963. The van der Waals surface area contributed by atoms with Gasteiger partial charge in [-0.25, -0.2) is 0 Å². The second kappa shape index (κ2) is 6.59. The Bertz CT molecular complexity index is 672. The number of ether oxygens (including phenoxy) is 2. The number of benzene rings is 2. The summed E-state index contributed by atoms with van der Waals surface area (Å²) in [4.78, 5) is 0. The Morgan fingerprint density at radius 1 is 1.18 bits per heavy atom. The maximum Gasteiger partial charge on any atom is 0.137 e. The van der Waals surface area contributed by atoms with Gasteiger partial charge in [-0.15, -0.1) is 0 Å². The largest absolute Gasteiger partial charge is 0.497 e. The fraction of sp³-hybridized carbons (Fsp3) is 0.333. The lowest BCUT2D eigenvalue weighted by Crippen LogP contribution is -2.31. The van der Waals surface area contributed by atoms with E-state index in [0.717, 1.165) is 30.9 Å². The number of methoxy groups -OCH3 is 2. The predicted molar refractivity (Wildman–Crippen MR) is 89.1 cm³/mol. The van der Waals surface area contributed by atoms with Crippen molar-refractivity contribution in [2.45, 2.75) is 18.9 Å². The summed E-state index contributed by atoms with van der Waals surface area (Å²) in [5.41, 5.74) is 3.83. The lowest BCUT2D eigenvalue weighted by molar-refractivity contribution is 0.410. The van der Waals surface area contributed by atoms with Crippen molar-refractivity contribution in [3.05, 3.63) is 58.1 Å².